The number of primary sulfonamides is 1. The average molecular weight is 527 g/mol. The van der Waals surface area contributed by atoms with E-state index >= 15 is 0 Å². The second kappa shape index (κ2) is 9.94. The molecule has 0 aromatic heterocycles. The van der Waals surface area contributed by atoms with E-state index in [0.29, 0.717) is 5.69 Å². The molecule has 2 rings (SSSR count). The van der Waals surface area contributed by atoms with Crippen LogP contribution in [-0.2, 0) is 10.0 Å². The molecule has 0 saturated carbocycles. The molecule has 0 heterocycles. The number of hydrogen-bond acceptors (Lipinski definition) is 6. The van der Waals surface area contributed by atoms with Gasteiger partial charge in [0.25, 0.3) is 11.6 Å². The van der Waals surface area contributed by atoms with E-state index < -0.39 is 30.8 Å². The molecule has 0 aliphatic heterocycles. The molecule has 0 saturated heterocycles. The van der Waals surface area contributed by atoms with Gasteiger partial charge in [0.1, 0.15) is 6.17 Å². The minimum Gasteiger partial charge on any atom is -0.339 e. The standard InChI is InChI=1S/C16H14Cl3N5O5S2/c17-16(18,19)14(22-13(25)9-2-1-3-11(8-9)24(26)27)23-15(30)21-10-4-6-12(7-5-10)31(20,28)29/h1-8,14H,(H,22,25)(H2,20,28,29)(H2,21,23,30). The van der Waals surface area contributed by atoms with Gasteiger partial charge in [-0.05, 0) is 42.5 Å². The minimum atomic E-state index is -3.85. The first kappa shape index (κ1) is 25.0. The van der Waals surface area contributed by atoms with Crippen LogP contribution in [0.4, 0.5) is 11.4 Å². The van der Waals surface area contributed by atoms with E-state index in [1.54, 1.807) is 0 Å². The highest BCUT2D eigenvalue weighted by Crippen LogP contribution is 2.29. The number of alkyl halides is 3. The highest BCUT2D eigenvalue weighted by Gasteiger charge is 2.35. The Bertz CT molecular complexity index is 1110. The van der Waals surface area contributed by atoms with Gasteiger partial charge in [-0.3, -0.25) is 14.9 Å². The lowest BCUT2D eigenvalue weighted by atomic mass is 10.2. The quantitative estimate of drug-likeness (QED) is 0.147. The van der Waals surface area contributed by atoms with Crippen LogP contribution >= 0.6 is 47.0 Å². The van der Waals surface area contributed by atoms with Gasteiger partial charge in [0.05, 0.1) is 9.82 Å². The van der Waals surface area contributed by atoms with E-state index in [1.165, 1.54) is 42.5 Å². The third-order valence-electron chi connectivity index (χ3n) is 3.64. The summed E-state index contributed by atoms with van der Waals surface area (Å²) < 4.78 is 20.5. The first-order valence-electron chi connectivity index (χ1n) is 8.10. The number of sulfonamides is 1. The van der Waals surface area contributed by atoms with Crippen LogP contribution in [0.15, 0.2) is 53.4 Å². The fraction of sp³-hybridized carbons (Fsp3) is 0.125. The molecule has 1 unspecified atom stereocenters. The van der Waals surface area contributed by atoms with E-state index in [0.717, 1.165) is 6.07 Å². The van der Waals surface area contributed by atoms with Gasteiger partial charge in [0.2, 0.25) is 13.8 Å². The van der Waals surface area contributed by atoms with Gasteiger partial charge in [-0.1, -0.05) is 40.9 Å². The minimum absolute atomic E-state index is 0.0345. The zero-order chi connectivity index (χ0) is 23.4. The normalized spacial score (nSPS) is 12.5. The molecule has 5 N–H and O–H groups in total. The number of amides is 1. The molecule has 0 fully saturated rings. The van der Waals surface area contributed by atoms with Gasteiger partial charge in [0, 0.05) is 23.4 Å². The number of benzene rings is 2. The van der Waals surface area contributed by atoms with Crippen LogP contribution in [-0.4, -0.2) is 34.3 Å². The molecule has 0 aliphatic rings. The number of nitrogens with one attached hydrogen (secondary N) is 3. The second-order valence-corrected chi connectivity index (χ2v) is 10.3. The number of carbonyl (C=O) groups is 1. The van der Waals surface area contributed by atoms with Crippen LogP contribution in [0.1, 0.15) is 10.4 Å². The van der Waals surface area contributed by atoms with Crippen LogP contribution in [0.5, 0.6) is 0 Å². The van der Waals surface area contributed by atoms with Crippen molar-refractivity contribution in [3.63, 3.8) is 0 Å². The van der Waals surface area contributed by atoms with Crippen LogP contribution < -0.4 is 21.1 Å². The topological polar surface area (TPSA) is 156 Å². The molecule has 0 bridgehead atoms. The van der Waals surface area contributed by atoms with Crippen molar-refractivity contribution in [2.24, 2.45) is 5.14 Å². The Labute approximate surface area is 197 Å². The monoisotopic (exact) mass is 525 g/mol. The van der Waals surface area contributed by atoms with Gasteiger partial charge >= 0.3 is 0 Å². The lowest BCUT2D eigenvalue weighted by Gasteiger charge is -2.27. The van der Waals surface area contributed by atoms with E-state index in [4.69, 9.17) is 52.2 Å². The molecule has 15 heteroatoms. The van der Waals surface area contributed by atoms with Gasteiger partial charge < -0.3 is 16.0 Å². The van der Waals surface area contributed by atoms with Crippen LogP contribution in [0.2, 0.25) is 0 Å². The fourth-order valence-corrected chi connectivity index (χ4v) is 3.28. The smallest absolute Gasteiger partial charge is 0.270 e. The Balaban J connectivity index is 2.11. The first-order valence-corrected chi connectivity index (χ1v) is 11.2. The molecule has 0 spiro atoms. The predicted molar refractivity (Wildman–Crippen MR) is 122 cm³/mol. The summed E-state index contributed by atoms with van der Waals surface area (Å²) in [5.74, 6) is -0.757. The fourth-order valence-electron chi connectivity index (χ4n) is 2.20. The molecule has 0 radical (unpaired) electrons. The van der Waals surface area contributed by atoms with E-state index in [9.17, 15) is 23.3 Å². The lowest BCUT2D eigenvalue weighted by Crippen LogP contribution is -2.56. The summed E-state index contributed by atoms with van der Waals surface area (Å²) in [5, 5.41) is 23.6. The number of nitrogens with two attached hydrogens (primary N) is 1. The maximum absolute atomic E-state index is 12.5. The maximum atomic E-state index is 12.5. The molecule has 1 amide bonds. The van der Waals surface area contributed by atoms with E-state index in [-0.39, 0.29) is 21.3 Å². The van der Waals surface area contributed by atoms with E-state index in [1.807, 2.05) is 0 Å². The highest BCUT2D eigenvalue weighted by molar-refractivity contribution is 7.89. The van der Waals surface area contributed by atoms with Crippen molar-refractivity contribution in [3.8, 4) is 0 Å². The van der Waals surface area contributed by atoms with Gasteiger partial charge in [-0.2, -0.15) is 0 Å². The number of non-ortho nitro benzene ring substituents is 1. The van der Waals surface area contributed by atoms with Crippen molar-refractivity contribution in [2.75, 3.05) is 5.32 Å². The predicted octanol–water partition coefficient (Wildman–Crippen LogP) is 2.65. The number of halogens is 3. The van der Waals surface area contributed by atoms with Gasteiger partial charge in [0.15, 0.2) is 5.11 Å². The molecule has 1 atom stereocenters. The summed E-state index contributed by atoms with van der Waals surface area (Å²) in [5.41, 5.74) is 0.0665. The molecular weight excluding hydrogens is 513 g/mol. The number of nitro groups is 1. The van der Waals surface area contributed by atoms with Crippen molar-refractivity contribution in [3.05, 3.63) is 64.2 Å². The number of nitro benzene ring substituents is 1. The third-order valence-corrected chi connectivity index (χ3v) is 5.44. The zero-order valence-corrected chi connectivity index (χ0v) is 19.1. The van der Waals surface area contributed by atoms with E-state index in [2.05, 4.69) is 16.0 Å². The number of anilines is 1. The lowest BCUT2D eigenvalue weighted by molar-refractivity contribution is -0.384. The van der Waals surface area contributed by atoms with Gasteiger partial charge in [-0.15, -0.1) is 0 Å². The van der Waals surface area contributed by atoms with Crippen molar-refractivity contribution >= 4 is 79.4 Å². The summed E-state index contributed by atoms with van der Waals surface area (Å²) in [6.07, 6.45) is -1.33. The number of hydrogen-bond donors (Lipinski definition) is 4. The molecule has 31 heavy (non-hydrogen) atoms. The van der Waals surface area contributed by atoms with Crippen molar-refractivity contribution in [1.29, 1.82) is 0 Å². The molecule has 2 aromatic carbocycles. The average Bonchev–Trinajstić information content (AvgIpc) is 2.66. The summed E-state index contributed by atoms with van der Waals surface area (Å²) in [6, 6.07) is 10.3. The van der Waals surface area contributed by atoms with Crippen molar-refractivity contribution in [2.45, 2.75) is 14.9 Å². The number of nitrogens with zero attached hydrogens (tertiary/aromatic N) is 1. The molecule has 0 aliphatic carbocycles. The molecule has 166 valence electrons. The Morgan fingerprint density at radius 1 is 1.13 bits per heavy atom. The summed E-state index contributed by atoms with van der Waals surface area (Å²) in [4.78, 5) is 22.6. The number of rotatable bonds is 6. The summed E-state index contributed by atoms with van der Waals surface area (Å²) in [7, 11) is -3.85. The largest absolute Gasteiger partial charge is 0.339 e. The van der Waals surface area contributed by atoms with Crippen LogP contribution in [0, 0.1) is 10.1 Å². The Morgan fingerprint density at radius 2 is 1.74 bits per heavy atom. The highest BCUT2D eigenvalue weighted by atomic mass is 35.6. The molecule has 2 aromatic rings. The Hall–Kier alpha value is -2.22. The maximum Gasteiger partial charge on any atom is 0.270 e. The molecule has 10 nitrogen and oxygen atoms in total. The number of thiocarbonyl (C=S) groups is 1. The SMILES string of the molecule is NS(=O)(=O)c1ccc(NC(=S)NC(NC(=O)c2cccc([N+](=O)[O-])c2)C(Cl)(Cl)Cl)cc1. The van der Waals surface area contributed by atoms with Crippen molar-refractivity contribution < 1.29 is 18.1 Å². The first-order chi connectivity index (χ1) is 14.3. The Morgan fingerprint density at radius 3 is 2.26 bits per heavy atom. The number of carbonyl (C=O) groups excluding carboxylic acids is 1. The summed E-state index contributed by atoms with van der Waals surface area (Å²) >= 11 is 22.9. The Kier molecular flexibility index (Phi) is 8.03. The second-order valence-electron chi connectivity index (χ2n) is 5.92. The summed E-state index contributed by atoms with van der Waals surface area (Å²) in [6.45, 7) is 0. The van der Waals surface area contributed by atoms with Crippen LogP contribution in [0.25, 0.3) is 0 Å². The molecular formula is C16H14Cl3N5O5S2. The van der Waals surface area contributed by atoms with Gasteiger partial charge in [-0.25, -0.2) is 13.6 Å². The zero-order valence-electron chi connectivity index (χ0n) is 15.2. The van der Waals surface area contributed by atoms with Crippen molar-refractivity contribution in [1.82, 2.24) is 10.6 Å². The van der Waals surface area contributed by atoms with Crippen LogP contribution in [0.3, 0.4) is 0 Å². The third kappa shape index (κ3) is 7.45.